The van der Waals surface area contributed by atoms with Gasteiger partial charge in [0.25, 0.3) is 0 Å². The maximum Gasteiger partial charge on any atom is 0.244 e. The lowest BCUT2D eigenvalue weighted by molar-refractivity contribution is -0.126. The number of halogens is 1. The average Bonchev–Trinajstić information content (AvgIpc) is 2.48. The van der Waals surface area contributed by atoms with Crippen LogP contribution in [0.4, 0.5) is 0 Å². The van der Waals surface area contributed by atoms with E-state index in [4.69, 9.17) is 5.73 Å². The third-order valence-corrected chi connectivity index (χ3v) is 3.63. The van der Waals surface area contributed by atoms with E-state index in [1.807, 2.05) is 36.4 Å². The number of rotatable bonds is 5. The fourth-order valence-electron chi connectivity index (χ4n) is 2.29. The van der Waals surface area contributed by atoms with E-state index in [2.05, 4.69) is 30.4 Å². The quantitative estimate of drug-likeness (QED) is 0.890. The van der Waals surface area contributed by atoms with Gasteiger partial charge in [-0.1, -0.05) is 60.2 Å². The standard InChI is InChI=1S/C18H22N2O.ClH/c1-14-7-6-8-15(13-14)11-12-20-17(21)18(2,19)16-9-4-3-5-10-16;/h3-10,13H,11-12,19H2,1-2H3,(H,20,21);1H. The highest BCUT2D eigenvalue weighted by molar-refractivity contribution is 5.87. The van der Waals surface area contributed by atoms with Crippen molar-refractivity contribution in [3.8, 4) is 0 Å². The molecule has 0 heterocycles. The predicted molar refractivity (Wildman–Crippen MR) is 93.1 cm³/mol. The van der Waals surface area contributed by atoms with E-state index in [0.717, 1.165) is 12.0 Å². The number of amides is 1. The van der Waals surface area contributed by atoms with Gasteiger partial charge in [-0.3, -0.25) is 4.79 Å². The maximum atomic E-state index is 12.3. The first-order valence-corrected chi connectivity index (χ1v) is 7.18. The zero-order chi connectivity index (χ0) is 15.3. The number of hydrogen-bond donors (Lipinski definition) is 2. The van der Waals surface area contributed by atoms with Crippen molar-refractivity contribution in [2.75, 3.05) is 6.54 Å². The van der Waals surface area contributed by atoms with Crippen LogP contribution >= 0.6 is 12.4 Å². The molecule has 0 saturated heterocycles. The van der Waals surface area contributed by atoms with Crippen LogP contribution in [0, 0.1) is 6.92 Å². The second kappa shape index (κ2) is 7.97. The molecular weight excluding hydrogens is 296 g/mol. The van der Waals surface area contributed by atoms with Gasteiger partial charge in [-0.15, -0.1) is 12.4 Å². The summed E-state index contributed by atoms with van der Waals surface area (Å²) in [5.41, 5.74) is 8.43. The third-order valence-electron chi connectivity index (χ3n) is 3.63. The summed E-state index contributed by atoms with van der Waals surface area (Å²) >= 11 is 0. The highest BCUT2D eigenvalue weighted by atomic mass is 35.5. The molecule has 1 amide bonds. The van der Waals surface area contributed by atoms with Gasteiger partial charge in [-0.2, -0.15) is 0 Å². The lowest BCUT2D eigenvalue weighted by Crippen LogP contribution is -2.49. The molecule has 0 aromatic heterocycles. The number of carbonyl (C=O) groups is 1. The Bertz CT molecular complexity index is 611. The molecule has 1 atom stereocenters. The van der Waals surface area contributed by atoms with Crippen LogP contribution in [0.3, 0.4) is 0 Å². The molecule has 3 N–H and O–H groups in total. The number of nitrogens with two attached hydrogens (primary N) is 1. The van der Waals surface area contributed by atoms with Crippen molar-refractivity contribution >= 4 is 18.3 Å². The first kappa shape index (κ1) is 18.2. The minimum absolute atomic E-state index is 0. The summed E-state index contributed by atoms with van der Waals surface area (Å²) < 4.78 is 0. The summed E-state index contributed by atoms with van der Waals surface area (Å²) in [5, 5.41) is 2.93. The lowest BCUT2D eigenvalue weighted by Gasteiger charge is -2.24. The van der Waals surface area contributed by atoms with Gasteiger partial charge in [-0.05, 0) is 31.4 Å². The molecule has 2 aromatic rings. The number of nitrogens with one attached hydrogen (secondary N) is 1. The van der Waals surface area contributed by atoms with Gasteiger partial charge in [-0.25, -0.2) is 0 Å². The monoisotopic (exact) mass is 318 g/mol. The molecule has 0 aliphatic rings. The zero-order valence-corrected chi connectivity index (χ0v) is 13.8. The van der Waals surface area contributed by atoms with Crippen molar-refractivity contribution in [1.29, 1.82) is 0 Å². The van der Waals surface area contributed by atoms with Crippen LogP contribution in [0.15, 0.2) is 54.6 Å². The van der Waals surface area contributed by atoms with E-state index in [1.165, 1.54) is 11.1 Å². The number of benzene rings is 2. The average molecular weight is 319 g/mol. The van der Waals surface area contributed by atoms with Gasteiger partial charge in [0.15, 0.2) is 0 Å². The van der Waals surface area contributed by atoms with Crippen LogP contribution in [-0.4, -0.2) is 12.5 Å². The lowest BCUT2D eigenvalue weighted by atomic mass is 9.92. The van der Waals surface area contributed by atoms with Crippen molar-refractivity contribution in [1.82, 2.24) is 5.32 Å². The van der Waals surface area contributed by atoms with E-state index in [1.54, 1.807) is 6.92 Å². The molecule has 4 heteroatoms. The van der Waals surface area contributed by atoms with E-state index in [9.17, 15) is 4.79 Å². The van der Waals surface area contributed by atoms with Crippen molar-refractivity contribution < 1.29 is 4.79 Å². The summed E-state index contributed by atoms with van der Waals surface area (Å²) in [6, 6.07) is 17.7. The number of aryl methyl sites for hydroxylation is 1. The molecule has 0 saturated carbocycles. The third kappa shape index (κ3) is 4.58. The van der Waals surface area contributed by atoms with E-state index in [-0.39, 0.29) is 18.3 Å². The second-order valence-corrected chi connectivity index (χ2v) is 5.56. The normalized spacial score (nSPS) is 12.9. The Labute approximate surface area is 138 Å². The molecule has 0 bridgehead atoms. The first-order chi connectivity index (χ1) is 10.00. The van der Waals surface area contributed by atoms with Crippen LogP contribution in [0.5, 0.6) is 0 Å². The van der Waals surface area contributed by atoms with E-state index in [0.29, 0.717) is 6.54 Å². The van der Waals surface area contributed by atoms with Crippen molar-refractivity contribution in [2.24, 2.45) is 5.73 Å². The van der Waals surface area contributed by atoms with Gasteiger partial charge >= 0.3 is 0 Å². The zero-order valence-electron chi connectivity index (χ0n) is 13.0. The van der Waals surface area contributed by atoms with Crippen LogP contribution in [-0.2, 0) is 16.8 Å². The Kier molecular flexibility index (Phi) is 6.60. The van der Waals surface area contributed by atoms with Crippen LogP contribution in [0.2, 0.25) is 0 Å². The van der Waals surface area contributed by atoms with Gasteiger partial charge in [0.2, 0.25) is 5.91 Å². The summed E-state index contributed by atoms with van der Waals surface area (Å²) in [4.78, 5) is 12.3. The van der Waals surface area contributed by atoms with Gasteiger partial charge in [0.05, 0.1) is 0 Å². The largest absolute Gasteiger partial charge is 0.354 e. The molecule has 3 nitrogen and oxygen atoms in total. The molecule has 118 valence electrons. The minimum Gasteiger partial charge on any atom is -0.354 e. The fraction of sp³-hybridized carbons (Fsp3) is 0.278. The van der Waals surface area contributed by atoms with Crippen molar-refractivity contribution in [3.05, 3.63) is 71.3 Å². The molecule has 1 unspecified atom stereocenters. The Hall–Kier alpha value is -1.84. The Morgan fingerprint density at radius 3 is 2.45 bits per heavy atom. The summed E-state index contributed by atoms with van der Waals surface area (Å²) in [6.07, 6.45) is 0.804. The summed E-state index contributed by atoms with van der Waals surface area (Å²) in [5.74, 6) is -0.152. The molecule has 0 aliphatic heterocycles. The Morgan fingerprint density at radius 1 is 1.14 bits per heavy atom. The first-order valence-electron chi connectivity index (χ1n) is 7.18. The van der Waals surface area contributed by atoms with Gasteiger partial charge in [0, 0.05) is 6.54 Å². The fourth-order valence-corrected chi connectivity index (χ4v) is 2.29. The maximum absolute atomic E-state index is 12.3. The predicted octanol–water partition coefficient (Wildman–Crippen LogP) is 2.95. The van der Waals surface area contributed by atoms with E-state index < -0.39 is 5.54 Å². The smallest absolute Gasteiger partial charge is 0.244 e. The molecular formula is C18H23ClN2O. The van der Waals surface area contributed by atoms with Crippen LogP contribution in [0.1, 0.15) is 23.6 Å². The highest BCUT2D eigenvalue weighted by Gasteiger charge is 2.29. The SMILES string of the molecule is Cc1cccc(CCNC(=O)C(C)(N)c2ccccc2)c1.Cl. The Balaban J connectivity index is 0.00000242. The minimum atomic E-state index is -1.01. The molecule has 2 aromatic carbocycles. The van der Waals surface area contributed by atoms with Crippen LogP contribution < -0.4 is 11.1 Å². The van der Waals surface area contributed by atoms with Gasteiger partial charge < -0.3 is 11.1 Å². The Morgan fingerprint density at radius 2 is 1.82 bits per heavy atom. The van der Waals surface area contributed by atoms with Gasteiger partial charge in [0.1, 0.15) is 5.54 Å². The second-order valence-electron chi connectivity index (χ2n) is 5.56. The number of carbonyl (C=O) groups excluding carboxylic acids is 1. The molecule has 2 rings (SSSR count). The molecule has 22 heavy (non-hydrogen) atoms. The summed E-state index contributed by atoms with van der Waals surface area (Å²) in [6.45, 7) is 4.39. The topological polar surface area (TPSA) is 55.1 Å². The van der Waals surface area contributed by atoms with E-state index >= 15 is 0 Å². The van der Waals surface area contributed by atoms with Crippen molar-refractivity contribution in [3.63, 3.8) is 0 Å². The molecule has 0 fully saturated rings. The molecule has 0 aliphatic carbocycles. The van der Waals surface area contributed by atoms with Crippen LogP contribution in [0.25, 0.3) is 0 Å². The molecule has 0 radical (unpaired) electrons. The van der Waals surface area contributed by atoms with Crippen molar-refractivity contribution in [2.45, 2.75) is 25.8 Å². The molecule has 0 spiro atoms. The highest BCUT2D eigenvalue weighted by Crippen LogP contribution is 2.17. The summed E-state index contributed by atoms with van der Waals surface area (Å²) in [7, 11) is 0. The number of hydrogen-bond acceptors (Lipinski definition) is 2.